The molecule has 0 aliphatic carbocycles. The zero-order valence-corrected chi connectivity index (χ0v) is 17.6. The Hall–Kier alpha value is -3.59. The van der Waals surface area contributed by atoms with Crippen molar-refractivity contribution in [2.24, 2.45) is 0 Å². The lowest BCUT2D eigenvalue weighted by Crippen LogP contribution is -2.31. The molecule has 158 valence electrons. The van der Waals surface area contributed by atoms with Gasteiger partial charge in [0.25, 0.3) is 5.91 Å². The number of halogens is 1. The van der Waals surface area contributed by atoms with Gasteiger partial charge in [-0.2, -0.15) is 0 Å². The molecule has 1 aliphatic heterocycles. The van der Waals surface area contributed by atoms with Crippen LogP contribution in [-0.2, 0) is 4.79 Å². The molecule has 7 nitrogen and oxygen atoms in total. The Labute approximate surface area is 180 Å². The van der Waals surface area contributed by atoms with Crippen molar-refractivity contribution in [3.05, 3.63) is 81.2 Å². The van der Waals surface area contributed by atoms with Gasteiger partial charge in [-0.3, -0.25) is 19.3 Å². The maximum absolute atomic E-state index is 14.8. The number of hydrogen-bond acceptors (Lipinski definition) is 7. The van der Waals surface area contributed by atoms with E-state index in [4.69, 9.17) is 4.42 Å². The van der Waals surface area contributed by atoms with Crippen molar-refractivity contribution in [1.82, 2.24) is 4.98 Å². The Bertz CT molecular complexity index is 1270. The first-order chi connectivity index (χ1) is 14.7. The number of aryl methyl sites for hydroxylation is 2. The molecule has 4 rings (SSSR count). The zero-order valence-electron chi connectivity index (χ0n) is 16.8. The number of carbonyl (C=O) groups is 3. The van der Waals surface area contributed by atoms with Gasteiger partial charge in [-0.25, -0.2) is 9.37 Å². The number of amides is 1. The van der Waals surface area contributed by atoms with Gasteiger partial charge in [-0.05, 0) is 32.0 Å². The normalized spacial score (nSPS) is 16.3. The van der Waals surface area contributed by atoms with Crippen LogP contribution in [0.2, 0.25) is 0 Å². The second-order valence-electron chi connectivity index (χ2n) is 7.07. The lowest BCUT2D eigenvalue weighted by Gasteiger charge is -2.24. The fraction of sp³-hybridized carbons (Fsp3) is 0.182. The molecule has 0 bridgehead atoms. The minimum Gasteiger partial charge on any atom is -0.503 e. The Balaban J connectivity index is 1.91. The Kier molecular flexibility index (Phi) is 5.06. The van der Waals surface area contributed by atoms with E-state index < -0.39 is 29.3 Å². The number of furan rings is 1. The molecule has 1 aromatic carbocycles. The van der Waals surface area contributed by atoms with Crippen LogP contribution in [0.1, 0.15) is 50.2 Å². The molecule has 1 N–H and O–H groups in total. The van der Waals surface area contributed by atoms with Gasteiger partial charge in [-0.1, -0.05) is 29.5 Å². The van der Waals surface area contributed by atoms with Crippen LogP contribution >= 0.6 is 11.3 Å². The number of ketones is 2. The summed E-state index contributed by atoms with van der Waals surface area (Å²) in [5.74, 6) is -3.00. The molecule has 2 aromatic heterocycles. The Morgan fingerprint density at radius 1 is 1.19 bits per heavy atom. The average molecular weight is 440 g/mol. The highest BCUT2D eigenvalue weighted by Crippen LogP contribution is 2.44. The van der Waals surface area contributed by atoms with E-state index in [2.05, 4.69) is 4.98 Å². The van der Waals surface area contributed by atoms with Crippen molar-refractivity contribution in [2.45, 2.75) is 26.8 Å². The number of thiazole rings is 1. The van der Waals surface area contributed by atoms with E-state index in [1.807, 2.05) is 0 Å². The van der Waals surface area contributed by atoms with Gasteiger partial charge in [0.2, 0.25) is 5.78 Å². The average Bonchev–Trinajstić information content (AvgIpc) is 3.39. The van der Waals surface area contributed by atoms with E-state index >= 15 is 0 Å². The van der Waals surface area contributed by atoms with Crippen LogP contribution in [0.15, 0.2) is 52.1 Å². The van der Waals surface area contributed by atoms with E-state index in [9.17, 15) is 23.9 Å². The van der Waals surface area contributed by atoms with Crippen LogP contribution in [0, 0.1) is 19.7 Å². The third kappa shape index (κ3) is 3.36. The SMILES string of the molecule is CC(=O)c1sc(N2C(=O)C(O)=C(C(=O)c3ccc(C)o3)C2c2ccccc2F)nc1C. The highest BCUT2D eigenvalue weighted by molar-refractivity contribution is 7.17. The molecule has 1 atom stereocenters. The van der Waals surface area contributed by atoms with Crippen LogP contribution in [0.4, 0.5) is 9.52 Å². The topological polar surface area (TPSA) is 101 Å². The lowest BCUT2D eigenvalue weighted by atomic mass is 9.95. The van der Waals surface area contributed by atoms with Crippen LogP contribution < -0.4 is 4.90 Å². The molecule has 1 unspecified atom stereocenters. The summed E-state index contributed by atoms with van der Waals surface area (Å²) >= 11 is 0.938. The molecular weight excluding hydrogens is 423 g/mol. The molecule has 0 fully saturated rings. The molecule has 3 heterocycles. The number of aliphatic hydroxyl groups is 1. The van der Waals surface area contributed by atoms with Gasteiger partial charge in [0.15, 0.2) is 22.4 Å². The summed E-state index contributed by atoms with van der Waals surface area (Å²) in [7, 11) is 0. The molecule has 9 heteroatoms. The molecule has 0 saturated heterocycles. The number of nitrogens with zero attached hydrogens (tertiary/aromatic N) is 2. The molecule has 1 aliphatic rings. The smallest absolute Gasteiger partial charge is 0.296 e. The van der Waals surface area contributed by atoms with E-state index in [1.54, 1.807) is 26.0 Å². The van der Waals surface area contributed by atoms with E-state index in [1.165, 1.54) is 31.2 Å². The monoisotopic (exact) mass is 440 g/mol. The number of anilines is 1. The largest absolute Gasteiger partial charge is 0.503 e. The fourth-order valence-electron chi connectivity index (χ4n) is 3.53. The van der Waals surface area contributed by atoms with E-state index in [-0.39, 0.29) is 27.8 Å². The summed E-state index contributed by atoms with van der Waals surface area (Å²) in [5, 5.41) is 10.7. The molecule has 1 amide bonds. The van der Waals surface area contributed by atoms with Crippen molar-refractivity contribution in [1.29, 1.82) is 0 Å². The number of aliphatic hydroxyl groups excluding tert-OH is 1. The third-order valence-electron chi connectivity index (χ3n) is 4.93. The highest BCUT2D eigenvalue weighted by atomic mass is 32.1. The minimum atomic E-state index is -1.28. The molecular formula is C22H17FN2O5S. The summed E-state index contributed by atoms with van der Waals surface area (Å²) in [6.07, 6.45) is 0. The maximum Gasteiger partial charge on any atom is 0.296 e. The molecule has 0 radical (unpaired) electrons. The van der Waals surface area contributed by atoms with Gasteiger partial charge in [-0.15, -0.1) is 0 Å². The Morgan fingerprint density at radius 2 is 1.90 bits per heavy atom. The summed E-state index contributed by atoms with van der Waals surface area (Å²) < 4.78 is 20.2. The summed E-state index contributed by atoms with van der Waals surface area (Å²) in [6.45, 7) is 4.63. The summed E-state index contributed by atoms with van der Waals surface area (Å²) in [4.78, 5) is 43.8. The van der Waals surface area contributed by atoms with Crippen LogP contribution in [0.5, 0.6) is 0 Å². The van der Waals surface area contributed by atoms with Crippen molar-refractivity contribution >= 4 is 33.9 Å². The molecule has 0 spiro atoms. The summed E-state index contributed by atoms with van der Waals surface area (Å²) in [6, 6.07) is 7.36. The predicted octanol–water partition coefficient (Wildman–Crippen LogP) is 4.48. The van der Waals surface area contributed by atoms with E-state index in [0.29, 0.717) is 16.3 Å². The lowest BCUT2D eigenvalue weighted by molar-refractivity contribution is -0.117. The Morgan fingerprint density at radius 3 is 2.48 bits per heavy atom. The van der Waals surface area contributed by atoms with Gasteiger partial charge < -0.3 is 9.52 Å². The number of hydrogen-bond donors (Lipinski definition) is 1. The first-order valence-electron chi connectivity index (χ1n) is 9.31. The predicted molar refractivity (Wildman–Crippen MR) is 111 cm³/mol. The van der Waals surface area contributed by atoms with Gasteiger partial charge in [0, 0.05) is 12.5 Å². The number of rotatable bonds is 5. The van der Waals surface area contributed by atoms with Crippen LogP contribution in [0.25, 0.3) is 0 Å². The van der Waals surface area contributed by atoms with Crippen molar-refractivity contribution in [3.63, 3.8) is 0 Å². The fourth-order valence-corrected chi connectivity index (χ4v) is 4.52. The van der Waals surface area contributed by atoms with Gasteiger partial charge in [0.05, 0.1) is 16.1 Å². The van der Waals surface area contributed by atoms with Crippen LogP contribution in [0.3, 0.4) is 0 Å². The zero-order chi connectivity index (χ0) is 22.4. The number of benzene rings is 1. The minimum absolute atomic E-state index is 0.00348. The number of Topliss-reactive ketones (excluding diaryl/α,β-unsaturated/α-hetero) is 2. The van der Waals surface area contributed by atoms with Crippen molar-refractivity contribution < 1.29 is 28.3 Å². The quantitative estimate of drug-likeness (QED) is 0.587. The van der Waals surface area contributed by atoms with Crippen molar-refractivity contribution in [2.75, 3.05) is 4.90 Å². The third-order valence-corrected chi connectivity index (χ3v) is 6.19. The highest BCUT2D eigenvalue weighted by Gasteiger charge is 2.47. The second kappa shape index (κ2) is 7.59. The number of carbonyl (C=O) groups excluding carboxylic acids is 3. The number of aromatic nitrogens is 1. The first-order valence-corrected chi connectivity index (χ1v) is 10.1. The van der Waals surface area contributed by atoms with Gasteiger partial charge >= 0.3 is 0 Å². The molecule has 31 heavy (non-hydrogen) atoms. The molecule has 0 saturated carbocycles. The maximum atomic E-state index is 14.8. The van der Waals surface area contributed by atoms with E-state index in [0.717, 1.165) is 16.2 Å². The first kappa shape index (κ1) is 20.7. The van der Waals surface area contributed by atoms with Crippen molar-refractivity contribution in [3.8, 4) is 0 Å². The standard InChI is InChI=1S/C22H17FN2O5S/c1-10-8-9-15(30-10)18(27)16-17(13-6-4-5-7-14(13)23)25(21(29)19(16)28)22-24-11(2)20(31-22)12(3)26/h4-9,17,28H,1-3H3. The molecule has 3 aromatic rings. The summed E-state index contributed by atoms with van der Waals surface area (Å²) in [5.41, 5.74) is 0.0824. The van der Waals surface area contributed by atoms with Gasteiger partial charge in [0.1, 0.15) is 17.6 Å². The van der Waals surface area contributed by atoms with Crippen LogP contribution in [-0.4, -0.2) is 27.6 Å². The second-order valence-corrected chi connectivity index (χ2v) is 8.05.